The number of nitrogens with zero attached hydrogens (tertiary/aromatic N) is 3. The standard InChI is InChI=1S/C20H13ClF2N4/c1-24-20-14-8-12(13-5-2-6-15(21)17(13)23)9-16(22)18(14)26-19(27-20)11-4-3-7-25-10-11/h2-10H,1H3,(H,24,26,27). The predicted molar refractivity (Wildman–Crippen MR) is 103 cm³/mol. The molecule has 0 aliphatic heterocycles. The van der Waals surface area contributed by atoms with Crippen molar-refractivity contribution in [1.29, 1.82) is 0 Å². The number of hydrogen-bond donors (Lipinski definition) is 1. The average Bonchev–Trinajstić information content (AvgIpc) is 2.70. The molecular weight excluding hydrogens is 370 g/mol. The van der Waals surface area contributed by atoms with Crippen LogP contribution in [0.15, 0.2) is 54.9 Å². The van der Waals surface area contributed by atoms with Crippen molar-refractivity contribution in [1.82, 2.24) is 15.0 Å². The zero-order valence-corrected chi connectivity index (χ0v) is 14.9. The summed E-state index contributed by atoms with van der Waals surface area (Å²) in [4.78, 5) is 12.8. The van der Waals surface area contributed by atoms with Crippen molar-refractivity contribution in [3.8, 4) is 22.5 Å². The predicted octanol–water partition coefficient (Wildman–Crippen LogP) is 5.33. The first-order valence-corrected chi connectivity index (χ1v) is 8.50. The molecule has 0 aliphatic rings. The van der Waals surface area contributed by atoms with Gasteiger partial charge >= 0.3 is 0 Å². The van der Waals surface area contributed by atoms with Gasteiger partial charge in [-0.1, -0.05) is 23.7 Å². The van der Waals surface area contributed by atoms with Gasteiger partial charge in [0, 0.05) is 36.0 Å². The van der Waals surface area contributed by atoms with Crippen LogP contribution in [0.3, 0.4) is 0 Å². The zero-order valence-electron chi connectivity index (χ0n) is 14.2. The molecule has 7 heteroatoms. The van der Waals surface area contributed by atoms with Crippen LogP contribution < -0.4 is 5.32 Å². The molecule has 0 amide bonds. The van der Waals surface area contributed by atoms with Crippen molar-refractivity contribution in [2.75, 3.05) is 12.4 Å². The van der Waals surface area contributed by atoms with E-state index in [1.807, 2.05) is 0 Å². The summed E-state index contributed by atoms with van der Waals surface area (Å²) in [5.74, 6) is -0.398. The lowest BCUT2D eigenvalue weighted by Gasteiger charge is -2.12. The van der Waals surface area contributed by atoms with Crippen molar-refractivity contribution in [3.05, 3.63) is 71.5 Å². The average molecular weight is 383 g/mol. The fraction of sp³-hybridized carbons (Fsp3) is 0.0500. The molecule has 4 aromatic rings. The second-order valence-electron chi connectivity index (χ2n) is 5.84. The molecule has 0 fully saturated rings. The third-order valence-electron chi connectivity index (χ3n) is 4.17. The second kappa shape index (κ2) is 6.89. The Morgan fingerprint density at radius 2 is 1.85 bits per heavy atom. The number of benzene rings is 2. The van der Waals surface area contributed by atoms with Crippen LogP contribution in [0, 0.1) is 11.6 Å². The van der Waals surface area contributed by atoms with Crippen molar-refractivity contribution in [2.45, 2.75) is 0 Å². The van der Waals surface area contributed by atoms with E-state index >= 15 is 0 Å². The first kappa shape index (κ1) is 17.3. The normalized spacial score (nSPS) is 11.0. The lowest BCUT2D eigenvalue weighted by atomic mass is 10.0. The van der Waals surface area contributed by atoms with Crippen LogP contribution in [0.4, 0.5) is 14.6 Å². The highest BCUT2D eigenvalue weighted by Crippen LogP contribution is 2.33. The van der Waals surface area contributed by atoms with E-state index in [2.05, 4.69) is 20.3 Å². The number of hydrogen-bond acceptors (Lipinski definition) is 4. The Morgan fingerprint density at radius 1 is 1.00 bits per heavy atom. The number of nitrogens with one attached hydrogen (secondary N) is 1. The Hall–Kier alpha value is -3.12. The molecule has 0 radical (unpaired) electrons. The number of anilines is 1. The maximum absolute atomic E-state index is 14.9. The summed E-state index contributed by atoms with van der Waals surface area (Å²) in [5.41, 5.74) is 1.37. The number of fused-ring (bicyclic) bond motifs is 1. The van der Waals surface area contributed by atoms with Gasteiger partial charge in [0.05, 0.1) is 5.02 Å². The lowest BCUT2D eigenvalue weighted by Crippen LogP contribution is -2.01. The van der Waals surface area contributed by atoms with Crippen LogP contribution >= 0.6 is 11.6 Å². The van der Waals surface area contributed by atoms with Crippen LogP contribution in [0.2, 0.25) is 5.02 Å². The van der Waals surface area contributed by atoms with Crippen molar-refractivity contribution in [3.63, 3.8) is 0 Å². The molecule has 2 aromatic carbocycles. The first-order valence-electron chi connectivity index (χ1n) is 8.12. The Morgan fingerprint density at radius 3 is 2.59 bits per heavy atom. The minimum Gasteiger partial charge on any atom is -0.373 e. The van der Waals surface area contributed by atoms with Crippen LogP contribution in [0.5, 0.6) is 0 Å². The van der Waals surface area contributed by atoms with Crippen molar-refractivity contribution >= 4 is 28.3 Å². The molecule has 0 saturated heterocycles. The topological polar surface area (TPSA) is 50.7 Å². The molecule has 0 spiro atoms. The van der Waals surface area contributed by atoms with E-state index in [9.17, 15) is 8.78 Å². The minimum absolute atomic E-state index is 0.0231. The first-order chi connectivity index (χ1) is 13.1. The van der Waals surface area contributed by atoms with E-state index in [4.69, 9.17) is 11.6 Å². The molecule has 4 rings (SSSR count). The summed E-state index contributed by atoms with van der Waals surface area (Å²) in [6.07, 6.45) is 3.24. The fourth-order valence-corrected chi connectivity index (χ4v) is 3.06. The smallest absolute Gasteiger partial charge is 0.163 e. The van der Waals surface area contributed by atoms with Gasteiger partial charge in [-0.25, -0.2) is 18.7 Å². The van der Waals surface area contributed by atoms with Gasteiger partial charge in [0.1, 0.15) is 23.0 Å². The summed E-state index contributed by atoms with van der Waals surface area (Å²) >= 11 is 5.86. The Balaban J connectivity index is 1.97. The van der Waals surface area contributed by atoms with Gasteiger partial charge in [-0.15, -0.1) is 0 Å². The molecule has 1 N–H and O–H groups in total. The van der Waals surface area contributed by atoms with Crippen molar-refractivity contribution in [2.24, 2.45) is 0 Å². The van der Waals surface area contributed by atoms with Crippen LogP contribution in [0.25, 0.3) is 33.4 Å². The van der Waals surface area contributed by atoms with Crippen LogP contribution in [-0.2, 0) is 0 Å². The monoisotopic (exact) mass is 382 g/mol. The summed E-state index contributed by atoms with van der Waals surface area (Å²) < 4.78 is 29.3. The Kier molecular flexibility index (Phi) is 4.41. The highest BCUT2D eigenvalue weighted by Gasteiger charge is 2.16. The van der Waals surface area contributed by atoms with Gasteiger partial charge in [-0.3, -0.25) is 4.98 Å². The third-order valence-corrected chi connectivity index (χ3v) is 4.46. The largest absolute Gasteiger partial charge is 0.373 e. The molecule has 134 valence electrons. The molecule has 0 bridgehead atoms. The van der Waals surface area contributed by atoms with E-state index < -0.39 is 11.6 Å². The molecule has 0 aliphatic carbocycles. The number of rotatable bonds is 3. The third kappa shape index (κ3) is 3.08. The second-order valence-corrected chi connectivity index (χ2v) is 6.25. The maximum Gasteiger partial charge on any atom is 0.163 e. The number of pyridine rings is 1. The Bertz CT molecular complexity index is 1150. The minimum atomic E-state index is -0.600. The van der Waals surface area contributed by atoms with E-state index in [-0.39, 0.29) is 16.1 Å². The van der Waals surface area contributed by atoms with Gasteiger partial charge < -0.3 is 5.32 Å². The molecule has 2 aromatic heterocycles. The summed E-state index contributed by atoms with van der Waals surface area (Å²) in [5, 5.41) is 3.37. The molecule has 4 nitrogen and oxygen atoms in total. The molecule has 0 atom stereocenters. The van der Waals surface area contributed by atoms with Gasteiger partial charge in [0.2, 0.25) is 0 Å². The molecule has 27 heavy (non-hydrogen) atoms. The van der Waals surface area contributed by atoms with Gasteiger partial charge in [0.15, 0.2) is 5.82 Å². The van der Waals surface area contributed by atoms with E-state index in [1.165, 1.54) is 12.1 Å². The Labute approximate surface area is 158 Å². The highest BCUT2D eigenvalue weighted by atomic mass is 35.5. The summed E-state index contributed by atoms with van der Waals surface area (Å²) in [7, 11) is 1.68. The van der Waals surface area contributed by atoms with Crippen molar-refractivity contribution < 1.29 is 8.78 Å². The number of aromatic nitrogens is 3. The number of halogens is 3. The van der Waals surface area contributed by atoms with Gasteiger partial charge in [0.25, 0.3) is 0 Å². The molecule has 2 heterocycles. The lowest BCUT2D eigenvalue weighted by molar-refractivity contribution is 0.629. The van der Waals surface area contributed by atoms with E-state index in [0.29, 0.717) is 28.2 Å². The molecule has 0 unspecified atom stereocenters. The highest BCUT2D eigenvalue weighted by molar-refractivity contribution is 6.31. The quantitative estimate of drug-likeness (QED) is 0.520. The summed E-state index contributed by atoms with van der Waals surface area (Å²) in [6, 6.07) is 11.0. The van der Waals surface area contributed by atoms with Gasteiger partial charge in [-0.2, -0.15) is 0 Å². The SMILES string of the molecule is CNc1nc(-c2cccnc2)nc2c(F)cc(-c3cccc(Cl)c3F)cc12. The summed E-state index contributed by atoms with van der Waals surface area (Å²) in [6.45, 7) is 0. The molecule has 0 saturated carbocycles. The maximum atomic E-state index is 14.9. The van der Waals surface area contributed by atoms with E-state index in [1.54, 1.807) is 49.8 Å². The van der Waals surface area contributed by atoms with E-state index in [0.717, 1.165) is 0 Å². The van der Waals surface area contributed by atoms with Gasteiger partial charge in [-0.05, 0) is 35.9 Å². The van der Waals surface area contributed by atoms with Crippen LogP contribution in [-0.4, -0.2) is 22.0 Å². The zero-order chi connectivity index (χ0) is 19.0. The fourth-order valence-electron chi connectivity index (χ4n) is 2.89. The molecular formula is C20H13ClF2N4. The van der Waals surface area contributed by atoms with Crippen LogP contribution in [0.1, 0.15) is 0 Å².